The van der Waals surface area contributed by atoms with Crippen molar-refractivity contribution in [1.82, 2.24) is 0 Å². The van der Waals surface area contributed by atoms with Crippen molar-refractivity contribution in [3.63, 3.8) is 0 Å². The molecule has 1 aromatic rings. The van der Waals surface area contributed by atoms with Gasteiger partial charge in [0.2, 0.25) is 0 Å². The molecule has 0 fully saturated rings. The highest BCUT2D eigenvalue weighted by Crippen LogP contribution is 2.11. The summed E-state index contributed by atoms with van der Waals surface area (Å²) in [6.45, 7) is 4.16. The predicted octanol–water partition coefficient (Wildman–Crippen LogP) is 2.86. The van der Waals surface area contributed by atoms with Gasteiger partial charge in [0.15, 0.2) is 0 Å². The smallest absolute Gasteiger partial charge is 0.0379 e. The summed E-state index contributed by atoms with van der Waals surface area (Å²) in [5, 5.41) is 0. The monoisotopic (exact) mass is 137 g/mol. The van der Waals surface area contributed by atoms with Crippen LogP contribution in [0.5, 0.6) is 0 Å². The fraction of sp³-hybridized carbons (Fsp3) is 0.250. The zero-order chi connectivity index (χ0) is 6.85. The summed E-state index contributed by atoms with van der Waals surface area (Å²) in [5.41, 5.74) is 2.59. The van der Waals surface area contributed by atoms with Crippen LogP contribution in [0, 0.1) is 13.8 Å². The van der Waals surface area contributed by atoms with Crippen molar-refractivity contribution in [2.45, 2.75) is 18.7 Å². The molecule has 0 aliphatic rings. The molecule has 0 nitrogen and oxygen atoms in total. The van der Waals surface area contributed by atoms with E-state index in [1.807, 2.05) is 12.1 Å². The van der Waals surface area contributed by atoms with Crippen molar-refractivity contribution in [2.24, 2.45) is 0 Å². The summed E-state index contributed by atoms with van der Waals surface area (Å²) >= 11 is 4.96. The second kappa shape index (κ2) is 2.36. The molecule has 0 saturated heterocycles. The first-order valence-electron chi connectivity index (χ1n) is 2.94. The normalized spacial score (nSPS) is 9.56. The SMILES string of the molecule is Cc1ccc([S])cc1C. The van der Waals surface area contributed by atoms with Crippen LogP contribution in [0.15, 0.2) is 23.1 Å². The fourth-order valence-electron chi connectivity index (χ4n) is 0.714. The van der Waals surface area contributed by atoms with Crippen LogP contribution >= 0.6 is 12.6 Å². The lowest BCUT2D eigenvalue weighted by molar-refractivity contribution is 1.28. The maximum absolute atomic E-state index is 4.96. The zero-order valence-electron chi connectivity index (χ0n) is 5.64. The van der Waals surface area contributed by atoms with E-state index in [2.05, 4.69) is 19.9 Å². The van der Waals surface area contributed by atoms with Gasteiger partial charge in [-0.05, 0) is 37.1 Å². The van der Waals surface area contributed by atoms with Gasteiger partial charge in [0.1, 0.15) is 0 Å². The summed E-state index contributed by atoms with van der Waals surface area (Å²) in [6, 6.07) is 6.03. The Hall–Kier alpha value is -0.560. The number of rotatable bonds is 0. The molecule has 0 aliphatic heterocycles. The van der Waals surface area contributed by atoms with Gasteiger partial charge in [-0.25, -0.2) is 0 Å². The third kappa shape index (κ3) is 1.42. The molecule has 0 N–H and O–H groups in total. The lowest BCUT2D eigenvalue weighted by Crippen LogP contribution is -1.77. The van der Waals surface area contributed by atoms with E-state index in [0.29, 0.717) is 0 Å². The molecule has 0 saturated carbocycles. The van der Waals surface area contributed by atoms with Crippen molar-refractivity contribution in [3.8, 4) is 0 Å². The molecule has 1 aromatic carbocycles. The van der Waals surface area contributed by atoms with Gasteiger partial charge < -0.3 is 0 Å². The van der Waals surface area contributed by atoms with Gasteiger partial charge >= 0.3 is 0 Å². The molecule has 0 aromatic heterocycles. The highest BCUT2D eigenvalue weighted by Gasteiger charge is 1.90. The molecule has 0 spiro atoms. The van der Waals surface area contributed by atoms with E-state index in [1.54, 1.807) is 0 Å². The first-order chi connectivity index (χ1) is 4.20. The topological polar surface area (TPSA) is 0 Å². The molecular formula is C8H9S. The largest absolute Gasteiger partial charge is 0.0801 e. The van der Waals surface area contributed by atoms with Gasteiger partial charge in [-0.1, -0.05) is 18.7 Å². The summed E-state index contributed by atoms with van der Waals surface area (Å²) in [4.78, 5) is 0.929. The fourth-order valence-corrected chi connectivity index (χ4v) is 0.959. The van der Waals surface area contributed by atoms with E-state index in [0.717, 1.165) is 4.90 Å². The van der Waals surface area contributed by atoms with Crippen LogP contribution in [0.25, 0.3) is 0 Å². The van der Waals surface area contributed by atoms with Crippen LogP contribution in [-0.4, -0.2) is 0 Å². The standard InChI is InChI=1S/C8H9S/c1-6-3-4-8(9)5-7(6)2/h3-5H,1-2H3. The van der Waals surface area contributed by atoms with Crippen LogP contribution in [-0.2, 0) is 0 Å². The highest BCUT2D eigenvalue weighted by atomic mass is 32.1. The van der Waals surface area contributed by atoms with Crippen molar-refractivity contribution in [1.29, 1.82) is 0 Å². The summed E-state index contributed by atoms with van der Waals surface area (Å²) in [6.07, 6.45) is 0. The lowest BCUT2D eigenvalue weighted by Gasteiger charge is -1.97. The maximum atomic E-state index is 4.96. The van der Waals surface area contributed by atoms with Crippen LogP contribution in [0.2, 0.25) is 0 Å². The minimum atomic E-state index is 0.929. The predicted molar refractivity (Wildman–Crippen MR) is 41.8 cm³/mol. The Morgan fingerprint density at radius 2 is 1.78 bits per heavy atom. The molecule has 9 heavy (non-hydrogen) atoms. The second-order valence-corrected chi connectivity index (χ2v) is 2.72. The summed E-state index contributed by atoms with van der Waals surface area (Å²) in [7, 11) is 0. The van der Waals surface area contributed by atoms with E-state index in [-0.39, 0.29) is 0 Å². The minimum absolute atomic E-state index is 0.929. The second-order valence-electron chi connectivity index (χ2n) is 2.25. The Balaban J connectivity index is 3.17. The quantitative estimate of drug-likeness (QED) is 0.516. The van der Waals surface area contributed by atoms with E-state index >= 15 is 0 Å². The molecular weight excluding hydrogens is 128 g/mol. The van der Waals surface area contributed by atoms with Crippen molar-refractivity contribution in [3.05, 3.63) is 29.3 Å². The lowest BCUT2D eigenvalue weighted by atomic mass is 10.1. The minimum Gasteiger partial charge on any atom is -0.0801 e. The van der Waals surface area contributed by atoms with Crippen LogP contribution in [0.3, 0.4) is 0 Å². The van der Waals surface area contributed by atoms with Gasteiger partial charge in [0.05, 0.1) is 0 Å². The van der Waals surface area contributed by atoms with E-state index in [1.165, 1.54) is 11.1 Å². The molecule has 1 rings (SSSR count). The number of hydrogen-bond acceptors (Lipinski definition) is 0. The summed E-state index contributed by atoms with van der Waals surface area (Å²) in [5.74, 6) is 0. The van der Waals surface area contributed by atoms with Gasteiger partial charge in [0, 0.05) is 4.90 Å². The summed E-state index contributed by atoms with van der Waals surface area (Å²) < 4.78 is 0. The average molecular weight is 137 g/mol. The van der Waals surface area contributed by atoms with E-state index in [4.69, 9.17) is 12.6 Å². The number of benzene rings is 1. The van der Waals surface area contributed by atoms with Crippen molar-refractivity contribution in [2.75, 3.05) is 0 Å². The van der Waals surface area contributed by atoms with Crippen molar-refractivity contribution >= 4 is 12.6 Å². The van der Waals surface area contributed by atoms with Crippen LogP contribution in [0.4, 0.5) is 0 Å². The van der Waals surface area contributed by atoms with Gasteiger partial charge in [0.25, 0.3) is 0 Å². The molecule has 0 bridgehead atoms. The third-order valence-electron chi connectivity index (χ3n) is 1.48. The van der Waals surface area contributed by atoms with Crippen molar-refractivity contribution < 1.29 is 0 Å². The average Bonchev–Trinajstić information content (AvgIpc) is 1.80. The van der Waals surface area contributed by atoms with Crippen LogP contribution < -0.4 is 0 Å². The van der Waals surface area contributed by atoms with E-state index in [9.17, 15) is 0 Å². The first-order valence-corrected chi connectivity index (χ1v) is 3.35. The molecule has 1 radical (unpaired) electrons. The molecule has 0 aliphatic carbocycles. The number of hydrogen-bond donors (Lipinski definition) is 0. The Kier molecular flexibility index (Phi) is 1.72. The Morgan fingerprint density at radius 1 is 1.11 bits per heavy atom. The Morgan fingerprint density at radius 3 is 2.22 bits per heavy atom. The molecule has 1 heteroatoms. The van der Waals surface area contributed by atoms with Gasteiger partial charge in [-0.3, -0.25) is 0 Å². The third-order valence-corrected chi connectivity index (χ3v) is 1.73. The molecule has 0 atom stereocenters. The molecule has 0 unspecified atom stereocenters. The Labute approximate surface area is 61.3 Å². The molecule has 0 heterocycles. The first kappa shape index (κ1) is 6.56. The highest BCUT2D eigenvalue weighted by molar-refractivity contribution is 7.80. The Bertz CT molecular complexity index is 216. The number of aryl methyl sites for hydroxylation is 2. The maximum Gasteiger partial charge on any atom is 0.0379 e. The zero-order valence-corrected chi connectivity index (χ0v) is 6.46. The van der Waals surface area contributed by atoms with Crippen LogP contribution in [0.1, 0.15) is 11.1 Å². The molecule has 0 amide bonds. The van der Waals surface area contributed by atoms with E-state index < -0.39 is 0 Å². The van der Waals surface area contributed by atoms with Gasteiger partial charge in [-0.2, -0.15) is 0 Å². The van der Waals surface area contributed by atoms with Gasteiger partial charge in [-0.15, -0.1) is 0 Å². The molecule has 47 valence electrons.